The number of hydrogen-bond acceptors (Lipinski definition) is 6. The Bertz CT molecular complexity index is 678. The number of nitro groups is 1. The molecule has 2 rings (SSSR count). The number of nitro benzene ring substituents is 1. The molecule has 1 heterocycles. The molecule has 2 aromatic rings. The number of anilines is 1. The van der Waals surface area contributed by atoms with E-state index in [0.717, 1.165) is 6.42 Å². The van der Waals surface area contributed by atoms with Crippen LogP contribution in [0.15, 0.2) is 29.0 Å². The molecule has 1 aromatic carbocycles. The Balaban J connectivity index is 2.40. The van der Waals surface area contributed by atoms with E-state index >= 15 is 0 Å². The molecule has 0 atom stereocenters. The van der Waals surface area contributed by atoms with E-state index in [1.54, 1.807) is 6.07 Å². The van der Waals surface area contributed by atoms with Crippen LogP contribution in [0.3, 0.4) is 0 Å². The molecular formula is C13H13BrN4O3. The highest BCUT2D eigenvalue weighted by atomic mass is 79.9. The zero-order chi connectivity index (χ0) is 15.4. The Morgan fingerprint density at radius 1 is 1.43 bits per heavy atom. The van der Waals surface area contributed by atoms with E-state index < -0.39 is 4.92 Å². The molecule has 0 unspecified atom stereocenters. The van der Waals surface area contributed by atoms with Gasteiger partial charge in [-0.15, -0.1) is 0 Å². The first-order valence-corrected chi connectivity index (χ1v) is 7.03. The van der Waals surface area contributed by atoms with E-state index in [1.807, 2.05) is 6.92 Å². The predicted octanol–water partition coefficient (Wildman–Crippen LogP) is 3.47. The maximum absolute atomic E-state index is 10.8. The Morgan fingerprint density at radius 2 is 2.19 bits per heavy atom. The third kappa shape index (κ3) is 3.46. The highest BCUT2D eigenvalue weighted by Gasteiger charge is 2.15. The van der Waals surface area contributed by atoms with Gasteiger partial charge in [-0.25, -0.2) is 9.97 Å². The van der Waals surface area contributed by atoms with Crippen molar-refractivity contribution in [3.63, 3.8) is 0 Å². The SMILES string of the molecule is CCCc1c(N)ncnc1Oc1cc([N+](=O)[O-])ccc1Br. The molecule has 0 aliphatic rings. The Kier molecular flexibility index (Phi) is 4.69. The van der Waals surface area contributed by atoms with E-state index in [4.69, 9.17) is 10.5 Å². The van der Waals surface area contributed by atoms with Gasteiger partial charge in [-0.05, 0) is 28.4 Å². The van der Waals surface area contributed by atoms with Crippen molar-refractivity contribution in [2.24, 2.45) is 0 Å². The molecule has 21 heavy (non-hydrogen) atoms. The highest BCUT2D eigenvalue weighted by Crippen LogP contribution is 2.34. The zero-order valence-corrected chi connectivity index (χ0v) is 12.8. The van der Waals surface area contributed by atoms with E-state index in [1.165, 1.54) is 18.5 Å². The highest BCUT2D eigenvalue weighted by molar-refractivity contribution is 9.10. The van der Waals surface area contributed by atoms with Gasteiger partial charge < -0.3 is 10.5 Å². The summed E-state index contributed by atoms with van der Waals surface area (Å²) in [7, 11) is 0. The maximum Gasteiger partial charge on any atom is 0.273 e. The molecule has 0 fully saturated rings. The molecule has 110 valence electrons. The number of hydrogen-bond donors (Lipinski definition) is 1. The average Bonchev–Trinajstić information content (AvgIpc) is 2.44. The zero-order valence-electron chi connectivity index (χ0n) is 11.2. The molecule has 0 saturated heterocycles. The van der Waals surface area contributed by atoms with Gasteiger partial charge in [0.05, 0.1) is 21.0 Å². The van der Waals surface area contributed by atoms with Crippen molar-refractivity contribution < 1.29 is 9.66 Å². The summed E-state index contributed by atoms with van der Waals surface area (Å²) in [5.74, 6) is 0.966. The lowest BCUT2D eigenvalue weighted by molar-refractivity contribution is -0.384. The number of rotatable bonds is 5. The molecule has 0 spiro atoms. The second kappa shape index (κ2) is 6.49. The normalized spacial score (nSPS) is 10.4. The van der Waals surface area contributed by atoms with Gasteiger partial charge in [-0.1, -0.05) is 13.3 Å². The van der Waals surface area contributed by atoms with Crippen LogP contribution in [0, 0.1) is 10.1 Å². The Hall–Kier alpha value is -2.22. The smallest absolute Gasteiger partial charge is 0.273 e. The Morgan fingerprint density at radius 3 is 2.86 bits per heavy atom. The van der Waals surface area contributed by atoms with E-state index in [-0.39, 0.29) is 5.69 Å². The van der Waals surface area contributed by atoms with Crippen LogP contribution in [0.25, 0.3) is 0 Å². The Labute approximate surface area is 129 Å². The quantitative estimate of drug-likeness (QED) is 0.652. The summed E-state index contributed by atoms with van der Waals surface area (Å²) in [4.78, 5) is 18.3. The molecule has 2 N–H and O–H groups in total. The molecule has 8 heteroatoms. The number of nitrogens with zero attached hydrogens (tertiary/aromatic N) is 3. The minimum Gasteiger partial charge on any atom is -0.437 e. The predicted molar refractivity (Wildman–Crippen MR) is 81.3 cm³/mol. The van der Waals surface area contributed by atoms with Crippen molar-refractivity contribution in [3.8, 4) is 11.6 Å². The number of ether oxygens (including phenoxy) is 1. The van der Waals surface area contributed by atoms with Crippen molar-refractivity contribution in [2.45, 2.75) is 19.8 Å². The van der Waals surface area contributed by atoms with Gasteiger partial charge in [0.25, 0.3) is 5.69 Å². The van der Waals surface area contributed by atoms with Gasteiger partial charge in [-0.2, -0.15) is 0 Å². The van der Waals surface area contributed by atoms with Crippen LogP contribution in [0.5, 0.6) is 11.6 Å². The number of nitrogen functional groups attached to an aromatic ring is 1. The van der Waals surface area contributed by atoms with E-state index in [0.29, 0.717) is 33.9 Å². The molecule has 1 aromatic heterocycles. The van der Waals surface area contributed by atoms with Gasteiger partial charge in [0, 0.05) is 6.07 Å². The molecule has 0 aliphatic heterocycles. The number of non-ortho nitro benzene ring substituents is 1. The van der Waals surface area contributed by atoms with Crippen LogP contribution >= 0.6 is 15.9 Å². The third-order valence-corrected chi connectivity index (χ3v) is 3.43. The standard InChI is InChI=1S/C13H13BrN4O3/c1-2-3-9-12(15)16-7-17-13(9)21-11-6-8(18(19)20)4-5-10(11)14/h4-7H,2-3H2,1H3,(H2,15,16,17). The fraction of sp³-hybridized carbons (Fsp3) is 0.231. The van der Waals surface area contributed by atoms with Gasteiger partial charge in [0.15, 0.2) is 5.75 Å². The topological polar surface area (TPSA) is 104 Å². The van der Waals surface area contributed by atoms with Crippen molar-refractivity contribution in [3.05, 3.63) is 44.7 Å². The number of benzene rings is 1. The van der Waals surface area contributed by atoms with Crippen molar-refractivity contribution in [1.29, 1.82) is 0 Å². The summed E-state index contributed by atoms with van der Waals surface area (Å²) in [5.41, 5.74) is 6.46. The largest absolute Gasteiger partial charge is 0.437 e. The number of nitrogens with two attached hydrogens (primary N) is 1. The van der Waals surface area contributed by atoms with Gasteiger partial charge in [0.2, 0.25) is 5.88 Å². The maximum atomic E-state index is 10.8. The molecule has 0 aliphatic carbocycles. The van der Waals surface area contributed by atoms with Crippen LogP contribution in [0.2, 0.25) is 0 Å². The summed E-state index contributed by atoms with van der Waals surface area (Å²) in [6.07, 6.45) is 2.81. The molecule has 0 bridgehead atoms. The van der Waals surface area contributed by atoms with E-state index in [2.05, 4.69) is 25.9 Å². The minimum absolute atomic E-state index is 0.0627. The molecule has 0 amide bonds. The summed E-state index contributed by atoms with van der Waals surface area (Å²) < 4.78 is 6.27. The van der Waals surface area contributed by atoms with Gasteiger partial charge in [-0.3, -0.25) is 10.1 Å². The van der Waals surface area contributed by atoms with Gasteiger partial charge in [0.1, 0.15) is 12.1 Å². The second-order valence-corrected chi connectivity index (χ2v) is 5.12. The summed E-state index contributed by atoms with van der Waals surface area (Å²) in [6.45, 7) is 2.00. The summed E-state index contributed by atoms with van der Waals surface area (Å²) in [5, 5.41) is 10.8. The van der Waals surface area contributed by atoms with Crippen LogP contribution in [-0.2, 0) is 6.42 Å². The van der Waals surface area contributed by atoms with Crippen molar-refractivity contribution in [2.75, 3.05) is 5.73 Å². The minimum atomic E-state index is -0.486. The molecular weight excluding hydrogens is 340 g/mol. The molecule has 0 radical (unpaired) electrons. The first kappa shape index (κ1) is 15.2. The first-order chi connectivity index (χ1) is 10.0. The van der Waals surface area contributed by atoms with Crippen LogP contribution in [0.4, 0.5) is 11.5 Å². The lowest BCUT2D eigenvalue weighted by Crippen LogP contribution is -2.03. The van der Waals surface area contributed by atoms with Gasteiger partial charge >= 0.3 is 0 Å². The summed E-state index contributed by atoms with van der Waals surface area (Å²) >= 11 is 3.30. The molecule has 0 saturated carbocycles. The average molecular weight is 353 g/mol. The van der Waals surface area contributed by atoms with Crippen molar-refractivity contribution in [1.82, 2.24) is 9.97 Å². The number of aromatic nitrogens is 2. The van der Waals surface area contributed by atoms with Crippen LogP contribution < -0.4 is 10.5 Å². The third-order valence-electron chi connectivity index (χ3n) is 2.77. The lowest BCUT2D eigenvalue weighted by atomic mass is 10.2. The monoisotopic (exact) mass is 352 g/mol. The fourth-order valence-corrected chi connectivity index (χ4v) is 2.10. The fourth-order valence-electron chi connectivity index (χ4n) is 1.77. The first-order valence-electron chi connectivity index (χ1n) is 6.24. The second-order valence-electron chi connectivity index (χ2n) is 4.27. The van der Waals surface area contributed by atoms with Crippen LogP contribution in [-0.4, -0.2) is 14.9 Å². The molecule has 7 nitrogen and oxygen atoms in total. The van der Waals surface area contributed by atoms with Crippen LogP contribution in [0.1, 0.15) is 18.9 Å². The lowest BCUT2D eigenvalue weighted by Gasteiger charge is -2.11. The van der Waals surface area contributed by atoms with Crippen molar-refractivity contribution >= 4 is 27.4 Å². The summed E-state index contributed by atoms with van der Waals surface area (Å²) in [6, 6.07) is 4.27. The number of halogens is 1. The van der Waals surface area contributed by atoms with E-state index in [9.17, 15) is 10.1 Å².